The normalized spacial score (nSPS) is 14.0. The van der Waals surface area contributed by atoms with Crippen LogP contribution in [-0.4, -0.2) is 37.9 Å². The van der Waals surface area contributed by atoms with Crippen molar-refractivity contribution in [3.8, 4) is 22.5 Å². The van der Waals surface area contributed by atoms with Crippen molar-refractivity contribution in [1.29, 1.82) is 0 Å². The van der Waals surface area contributed by atoms with Crippen molar-refractivity contribution in [2.45, 2.75) is 13.0 Å². The zero-order chi connectivity index (χ0) is 23.2. The van der Waals surface area contributed by atoms with Gasteiger partial charge in [-0.1, -0.05) is 42.5 Å². The van der Waals surface area contributed by atoms with Crippen LogP contribution in [0.5, 0.6) is 0 Å². The van der Waals surface area contributed by atoms with E-state index in [1.807, 2.05) is 31.2 Å². The molecule has 3 heterocycles. The number of carbonyl (C=O) groups is 1. The highest BCUT2D eigenvalue weighted by atomic mass is 16.2. The molecule has 1 atom stereocenters. The summed E-state index contributed by atoms with van der Waals surface area (Å²) < 4.78 is 0. The van der Waals surface area contributed by atoms with E-state index in [2.05, 4.69) is 54.8 Å². The second kappa shape index (κ2) is 7.77. The van der Waals surface area contributed by atoms with Crippen LogP contribution in [0.25, 0.3) is 33.5 Å². The van der Waals surface area contributed by atoms with E-state index in [0.29, 0.717) is 11.6 Å². The first kappa shape index (κ1) is 20.0. The number of fused-ring (bicyclic) bond motifs is 4. The fourth-order valence-corrected chi connectivity index (χ4v) is 4.59. The number of aryl methyl sites for hydroxylation is 1. The summed E-state index contributed by atoms with van der Waals surface area (Å²) >= 11 is 0. The first-order valence-electron chi connectivity index (χ1n) is 11.0. The number of nitrogens with one attached hydrogen (secondary N) is 3. The molecular weight excluding hydrogens is 426 g/mol. The van der Waals surface area contributed by atoms with E-state index in [4.69, 9.17) is 4.98 Å². The van der Waals surface area contributed by atoms with Gasteiger partial charge in [0, 0.05) is 24.5 Å². The molecule has 8 heteroatoms. The van der Waals surface area contributed by atoms with Crippen LogP contribution in [0, 0.1) is 6.92 Å². The third-order valence-electron chi connectivity index (χ3n) is 6.07. The minimum Gasteiger partial charge on any atom is -0.357 e. The van der Waals surface area contributed by atoms with Crippen molar-refractivity contribution in [3.63, 3.8) is 0 Å². The Balaban J connectivity index is 1.46. The predicted octanol–water partition coefficient (Wildman–Crippen LogP) is 4.26. The summed E-state index contributed by atoms with van der Waals surface area (Å²) in [4.78, 5) is 34.2. The molecule has 166 valence electrons. The van der Waals surface area contributed by atoms with Crippen LogP contribution in [0.2, 0.25) is 0 Å². The fourth-order valence-electron chi connectivity index (χ4n) is 4.59. The molecule has 0 bridgehead atoms. The first-order valence-corrected chi connectivity index (χ1v) is 11.0. The van der Waals surface area contributed by atoms with Gasteiger partial charge in [0.25, 0.3) is 5.91 Å². The number of pyridine rings is 1. The Morgan fingerprint density at radius 2 is 1.79 bits per heavy atom. The van der Waals surface area contributed by atoms with Gasteiger partial charge < -0.3 is 15.6 Å². The topological polar surface area (TPSA) is 108 Å². The number of aromatic amines is 1. The second-order valence-electron chi connectivity index (χ2n) is 8.21. The van der Waals surface area contributed by atoms with Gasteiger partial charge in [0.05, 0.1) is 23.3 Å². The summed E-state index contributed by atoms with van der Waals surface area (Å²) in [5, 5.41) is 6.10. The van der Waals surface area contributed by atoms with Crippen molar-refractivity contribution >= 4 is 22.9 Å². The lowest BCUT2D eigenvalue weighted by Gasteiger charge is -2.16. The first-order chi connectivity index (χ1) is 16.6. The molecule has 2 aromatic carbocycles. The van der Waals surface area contributed by atoms with Gasteiger partial charge in [-0.25, -0.2) is 15.0 Å². The summed E-state index contributed by atoms with van der Waals surface area (Å²) in [6.07, 6.45) is 3.51. The predicted molar refractivity (Wildman–Crippen MR) is 130 cm³/mol. The third-order valence-corrected chi connectivity index (χ3v) is 6.07. The summed E-state index contributed by atoms with van der Waals surface area (Å²) in [6, 6.07) is 17.5. The largest absolute Gasteiger partial charge is 0.357 e. The molecule has 5 aromatic rings. The van der Waals surface area contributed by atoms with Crippen LogP contribution in [0.3, 0.4) is 0 Å². The Morgan fingerprint density at radius 3 is 2.65 bits per heavy atom. The second-order valence-corrected chi connectivity index (χ2v) is 8.21. The van der Waals surface area contributed by atoms with E-state index in [0.717, 1.165) is 50.4 Å². The van der Waals surface area contributed by atoms with Crippen LogP contribution in [0.4, 0.5) is 5.95 Å². The van der Waals surface area contributed by atoms with E-state index < -0.39 is 0 Å². The molecule has 1 amide bonds. The molecule has 1 aliphatic carbocycles. The van der Waals surface area contributed by atoms with Gasteiger partial charge in [-0.2, -0.15) is 0 Å². The highest BCUT2D eigenvalue weighted by Crippen LogP contribution is 2.47. The Hall–Kier alpha value is -4.59. The van der Waals surface area contributed by atoms with Gasteiger partial charge in [-0.05, 0) is 41.3 Å². The van der Waals surface area contributed by atoms with E-state index in [9.17, 15) is 4.79 Å². The van der Waals surface area contributed by atoms with E-state index in [1.54, 1.807) is 25.5 Å². The molecule has 0 spiro atoms. The molecule has 0 saturated carbocycles. The maximum atomic E-state index is 13.3. The molecule has 0 saturated heterocycles. The number of H-pyrrole nitrogens is 1. The summed E-state index contributed by atoms with van der Waals surface area (Å²) in [6.45, 7) is 1.84. The molecule has 3 aromatic heterocycles. The number of imidazole rings is 1. The number of hydrogen-bond acceptors (Lipinski definition) is 6. The lowest BCUT2D eigenvalue weighted by Crippen LogP contribution is -2.29. The quantitative estimate of drug-likeness (QED) is 0.380. The molecule has 3 N–H and O–H groups in total. The third kappa shape index (κ3) is 3.19. The highest BCUT2D eigenvalue weighted by molar-refractivity contribution is 5.96. The number of amides is 1. The molecule has 34 heavy (non-hydrogen) atoms. The zero-order valence-electron chi connectivity index (χ0n) is 18.6. The van der Waals surface area contributed by atoms with Gasteiger partial charge in [0.15, 0.2) is 0 Å². The van der Waals surface area contributed by atoms with Gasteiger partial charge in [-0.15, -0.1) is 0 Å². The average Bonchev–Trinajstić information content (AvgIpc) is 3.43. The number of hydrogen-bond donors (Lipinski definition) is 3. The molecule has 0 fully saturated rings. The van der Waals surface area contributed by atoms with Crippen LogP contribution in [-0.2, 0) is 0 Å². The maximum Gasteiger partial charge on any atom is 0.270 e. The Labute approximate surface area is 195 Å². The Kier molecular flexibility index (Phi) is 4.58. The maximum absolute atomic E-state index is 13.3. The van der Waals surface area contributed by atoms with Crippen LogP contribution in [0.1, 0.15) is 33.4 Å². The van der Waals surface area contributed by atoms with Gasteiger partial charge in [0.2, 0.25) is 5.95 Å². The summed E-state index contributed by atoms with van der Waals surface area (Å²) in [5.74, 6) is 0.931. The minimum atomic E-state index is -0.307. The van der Waals surface area contributed by atoms with Crippen molar-refractivity contribution in [2.75, 3.05) is 12.4 Å². The molecule has 6 rings (SSSR count). The molecule has 0 aliphatic heterocycles. The smallest absolute Gasteiger partial charge is 0.270 e. The molecule has 1 aliphatic rings. The summed E-state index contributed by atoms with van der Waals surface area (Å²) in [7, 11) is 1.73. The molecule has 1 unspecified atom stereocenters. The van der Waals surface area contributed by atoms with Crippen molar-refractivity contribution < 1.29 is 4.79 Å². The number of aromatic nitrogens is 5. The standard InChI is InChI=1S/C26H21N7O/c1-14-12-20(32-26(27-2)29-14)25(34)33-23-16-7-4-3-6-15(16)22-17(23)8-5-9-18(22)24-30-19-10-11-28-13-21(19)31-24/h3-13,23H,1-2H3,(H,30,31)(H,33,34)(H,27,29,32). The minimum absolute atomic E-state index is 0.255. The fraction of sp³-hybridized carbons (Fsp3) is 0.115. The zero-order valence-corrected chi connectivity index (χ0v) is 18.6. The van der Waals surface area contributed by atoms with Crippen LogP contribution >= 0.6 is 0 Å². The SMILES string of the molecule is CNc1nc(C)cc(C(=O)NC2c3ccccc3-c3c(-c4nc5ccncc5[nH]4)cccc32)n1. The molecular formula is C26H21N7O. The van der Waals surface area contributed by atoms with E-state index >= 15 is 0 Å². The summed E-state index contributed by atoms with van der Waals surface area (Å²) in [5.41, 5.74) is 7.96. The molecule has 8 nitrogen and oxygen atoms in total. The van der Waals surface area contributed by atoms with Crippen LogP contribution < -0.4 is 10.6 Å². The number of carbonyl (C=O) groups excluding carboxylic acids is 1. The number of rotatable bonds is 4. The number of benzene rings is 2. The van der Waals surface area contributed by atoms with Gasteiger partial charge >= 0.3 is 0 Å². The number of nitrogens with zero attached hydrogens (tertiary/aromatic N) is 4. The van der Waals surface area contributed by atoms with Gasteiger partial charge in [0.1, 0.15) is 11.5 Å². The molecule has 0 radical (unpaired) electrons. The van der Waals surface area contributed by atoms with Crippen molar-refractivity contribution in [3.05, 3.63) is 89.5 Å². The lowest BCUT2D eigenvalue weighted by atomic mass is 9.99. The van der Waals surface area contributed by atoms with Gasteiger partial charge in [-0.3, -0.25) is 9.78 Å². The van der Waals surface area contributed by atoms with E-state index in [-0.39, 0.29) is 11.9 Å². The van der Waals surface area contributed by atoms with Crippen molar-refractivity contribution in [1.82, 2.24) is 30.2 Å². The van der Waals surface area contributed by atoms with Crippen molar-refractivity contribution in [2.24, 2.45) is 0 Å². The Morgan fingerprint density at radius 1 is 0.971 bits per heavy atom. The monoisotopic (exact) mass is 447 g/mol. The van der Waals surface area contributed by atoms with Crippen LogP contribution in [0.15, 0.2) is 67.0 Å². The number of anilines is 1. The highest BCUT2D eigenvalue weighted by Gasteiger charge is 2.32. The Bertz CT molecular complexity index is 1540. The lowest BCUT2D eigenvalue weighted by molar-refractivity contribution is 0.0938. The van der Waals surface area contributed by atoms with E-state index in [1.165, 1.54) is 0 Å². The average molecular weight is 448 g/mol.